The zero-order valence-corrected chi connectivity index (χ0v) is 8.75. The third-order valence-corrected chi connectivity index (χ3v) is 1.98. The number of ether oxygens (including phenoxy) is 1. The van der Waals surface area contributed by atoms with E-state index in [-0.39, 0.29) is 5.70 Å². The van der Waals surface area contributed by atoms with Gasteiger partial charge in [0.25, 0.3) is 0 Å². The summed E-state index contributed by atoms with van der Waals surface area (Å²) in [5.41, 5.74) is 5.39. The smallest absolute Gasteiger partial charge is 0.355 e. The lowest BCUT2D eigenvalue weighted by atomic mass is 10.2. The standard InChI is InChI=1S/C10H13N3O3/c1-16-9-5-3-2-4-7(9)13(12)8(6-11)10(14)15/h2-6H,11-12H2,1H3,(H,14,15)/b8-6-. The van der Waals surface area contributed by atoms with E-state index in [4.69, 9.17) is 21.4 Å². The molecule has 0 heterocycles. The second-order valence-electron chi connectivity index (χ2n) is 2.90. The summed E-state index contributed by atoms with van der Waals surface area (Å²) in [4.78, 5) is 10.8. The lowest BCUT2D eigenvalue weighted by molar-refractivity contribution is -0.132. The van der Waals surface area contributed by atoms with Gasteiger partial charge in [-0.3, -0.25) is 5.01 Å². The summed E-state index contributed by atoms with van der Waals surface area (Å²) < 4.78 is 5.06. The van der Waals surface area contributed by atoms with E-state index >= 15 is 0 Å². The lowest BCUT2D eigenvalue weighted by Crippen LogP contribution is -2.34. The number of benzene rings is 1. The van der Waals surface area contributed by atoms with Gasteiger partial charge < -0.3 is 15.6 Å². The summed E-state index contributed by atoms with van der Waals surface area (Å²) in [5, 5.41) is 9.82. The van der Waals surface area contributed by atoms with Gasteiger partial charge in [0, 0.05) is 6.20 Å². The average Bonchev–Trinajstić information content (AvgIpc) is 2.29. The topological polar surface area (TPSA) is 102 Å². The molecule has 0 amide bonds. The molecule has 0 bridgehead atoms. The van der Waals surface area contributed by atoms with E-state index in [1.54, 1.807) is 24.3 Å². The molecule has 1 aromatic carbocycles. The fraction of sp³-hybridized carbons (Fsp3) is 0.100. The quantitative estimate of drug-likeness (QED) is 0.384. The van der Waals surface area contributed by atoms with Crippen LogP contribution in [0.1, 0.15) is 0 Å². The van der Waals surface area contributed by atoms with Crippen LogP contribution in [-0.2, 0) is 4.79 Å². The van der Waals surface area contributed by atoms with Crippen LogP contribution in [-0.4, -0.2) is 18.2 Å². The predicted molar refractivity (Wildman–Crippen MR) is 59.6 cm³/mol. The number of aliphatic carboxylic acids is 1. The Morgan fingerprint density at radius 3 is 2.62 bits per heavy atom. The fourth-order valence-corrected chi connectivity index (χ4v) is 1.21. The van der Waals surface area contributed by atoms with Gasteiger partial charge in [-0.05, 0) is 12.1 Å². The Labute approximate surface area is 92.7 Å². The van der Waals surface area contributed by atoms with Crippen LogP contribution in [0.5, 0.6) is 5.75 Å². The van der Waals surface area contributed by atoms with Crippen LogP contribution >= 0.6 is 0 Å². The molecule has 0 saturated carbocycles. The van der Waals surface area contributed by atoms with Crippen LogP contribution in [0.25, 0.3) is 0 Å². The summed E-state index contributed by atoms with van der Waals surface area (Å²) >= 11 is 0. The van der Waals surface area contributed by atoms with Crippen LogP contribution in [0, 0.1) is 0 Å². The van der Waals surface area contributed by atoms with Crippen LogP contribution in [0.4, 0.5) is 5.69 Å². The minimum atomic E-state index is -1.21. The highest BCUT2D eigenvalue weighted by Gasteiger charge is 2.17. The zero-order valence-electron chi connectivity index (χ0n) is 8.75. The first-order valence-corrected chi connectivity index (χ1v) is 4.44. The molecule has 0 aliphatic carbocycles. The molecular formula is C10H13N3O3. The highest BCUT2D eigenvalue weighted by Crippen LogP contribution is 2.27. The first kappa shape index (κ1) is 11.9. The molecule has 86 valence electrons. The van der Waals surface area contributed by atoms with Gasteiger partial charge in [0.05, 0.1) is 12.8 Å². The number of para-hydroxylation sites is 2. The number of hydrazine groups is 1. The fourth-order valence-electron chi connectivity index (χ4n) is 1.21. The largest absolute Gasteiger partial charge is 0.495 e. The molecule has 0 fully saturated rings. The minimum absolute atomic E-state index is 0.232. The Bertz CT molecular complexity index is 418. The van der Waals surface area contributed by atoms with Gasteiger partial charge in [0.1, 0.15) is 5.75 Å². The Hall–Kier alpha value is -2.21. The number of carbonyl (C=O) groups is 1. The molecule has 16 heavy (non-hydrogen) atoms. The van der Waals surface area contributed by atoms with Crippen molar-refractivity contribution < 1.29 is 14.6 Å². The number of carboxylic acid groups (broad SMARTS) is 1. The number of rotatable bonds is 4. The van der Waals surface area contributed by atoms with Crippen molar-refractivity contribution in [2.24, 2.45) is 11.6 Å². The van der Waals surface area contributed by atoms with E-state index in [9.17, 15) is 4.79 Å². The van der Waals surface area contributed by atoms with Crippen LogP contribution < -0.4 is 21.3 Å². The zero-order chi connectivity index (χ0) is 12.1. The molecule has 1 rings (SSSR count). The molecule has 0 unspecified atom stereocenters. The van der Waals surface area contributed by atoms with Gasteiger partial charge in [-0.1, -0.05) is 12.1 Å². The number of anilines is 1. The van der Waals surface area contributed by atoms with Gasteiger partial charge in [-0.2, -0.15) is 0 Å². The number of carboxylic acids is 1. The normalized spacial score (nSPS) is 11.0. The van der Waals surface area contributed by atoms with Crippen LogP contribution in [0.2, 0.25) is 0 Å². The van der Waals surface area contributed by atoms with E-state index < -0.39 is 5.97 Å². The Morgan fingerprint density at radius 2 is 2.12 bits per heavy atom. The van der Waals surface area contributed by atoms with Gasteiger partial charge in [0.15, 0.2) is 5.70 Å². The molecule has 6 heteroatoms. The molecule has 1 aromatic rings. The lowest BCUT2D eigenvalue weighted by Gasteiger charge is -2.20. The van der Waals surface area contributed by atoms with Gasteiger partial charge in [-0.15, -0.1) is 0 Å². The summed E-state index contributed by atoms with van der Waals surface area (Å²) in [6.07, 6.45) is 0.925. The molecule has 5 N–H and O–H groups in total. The number of hydrogen-bond acceptors (Lipinski definition) is 5. The first-order valence-electron chi connectivity index (χ1n) is 4.44. The van der Waals surface area contributed by atoms with Crippen molar-refractivity contribution in [3.05, 3.63) is 36.2 Å². The molecule has 0 aliphatic heterocycles. The summed E-state index contributed by atoms with van der Waals surface area (Å²) in [7, 11) is 1.47. The van der Waals surface area contributed by atoms with Crippen LogP contribution in [0.3, 0.4) is 0 Å². The van der Waals surface area contributed by atoms with Crippen molar-refractivity contribution in [2.75, 3.05) is 12.1 Å². The SMILES string of the molecule is COc1ccccc1N(N)/C(=C\N)C(=O)O. The minimum Gasteiger partial charge on any atom is -0.495 e. The van der Waals surface area contributed by atoms with E-state index in [0.29, 0.717) is 11.4 Å². The van der Waals surface area contributed by atoms with Crippen molar-refractivity contribution in [3.8, 4) is 5.75 Å². The Kier molecular flexibility index (Phi) is 3.73. The van der Waals surface area contributed by atoms with E-state index in [0.717, 1.165) is 11.2 Å². The molecule has 0 aromatic heterocycles. The van der Waals surface area contributed by atoms with Crippen molar-refractivity contribution >= 4 is 11.7 Å². The highest BCUT2D eigenvalue weighted by molar-refractivity contribution is 5.91. The molecule has 0 aliphatic rings. The average molecular weight is 223 g/mol. The predicted octanol–water partition coefficient (Wildman–Crippen LogP) is 0.260. The monoisotopic (exact) mass is 223 g/mol. The van der Waals surface area contributed by atoms with Gasteiger partial charge >= 0.3 is 5.97 Å². The maximum Gasteiger partial charge on any atom is 0.355 e. The summed E-state index contributed by atoms with van der Waals surface area (Å²) in [5.74, 6) is 4.90. The second-order valence-corrected chi connectivity index (χ2v) is 2.90. The van der Waals surface area contributed by atoms with E-state index in [1.165, 1.54) is 7.11 Å². The summed E-state index contributed by atoms with van der Waals surface area (Å²) in [6.45, 7) is 0. The van der Waals surface area contributed by atoms with Crippen molar-refractivity contribution in [3.63, 3.8) is 0 Å². The summed E-state index contributed by atoms with van der Waals surface area (Å²) in [6, 6.07) is 6.77. The molecule has 0 saturated heterocycles. The maximum atomic E-state index is 10.8. The second kappa shape index (κ2) is 5.04. The molecule has 6 nitrogen and oxygen atoms in total. The van der Waals surface area contributed by atoms with Gasteiger partial charge in [-0.25, -0.2) is 10.6 Å². The first-order chi connectivity index (χ1) is 7.61. The third-order valence-electron chi connectivity index (χ3n) is 1.98. The molecular weight excluding hydrogens is 210 g/mol. The van der Waals surface area contributed by atoms with Crippen molar-refractivity contribution in [1.29, 1.82) is 0 Å². The van der Waals surface area contributed by atoms with Crippen molar-refractivity contribution in [2.45, 2.75) is 0 Å². The van der Waals surface area contributed by atoms with Crippen molar-refractivity contribution in [1.82, 2.24) is 0 Å². The van der Waals surface area contributed by atoms with E-state index in [2.05, 4.69) is 0 Å². The third kappa shape index (κ3) is 2.23. The highest BCUT2D eigenvalue weighted by atomic mass is 16.5. The van der Waals surface area contributed by atoms with Gasteiger partial charge in [0.2, 0.25) is 0 Å². The van der Waals surface area contributed by atoms with E-state index in [1.807, 2.05) is 0 Å². The number of nitrogens with zero attached hydrogens (tertiary/aromatic N) is 1. The number of nitrogens with two attached hydrogens (primary N) is 2. The molecule has 0 atom stereocenters. The number of methoxy groups -OCH3 is 1. The molecule has 0 radical (unpaired) electrons. The number of hydrogen-bond donors (Lipinski definition) is 3. The maximum absolute atomic E-state index is 10.8. The van der Waals surface area contributed by atoms with Crippen LogP contribution in [0.15, 0.2) is 36.2 Å². The Morgan fingerprint density at radius 1 is 1.50 bits per heavy atom. The molecule has 0 spiro atoms. The Balaban J connectivity index is 3.13.